The van der Waals surface area contributed by atoms with Crippen LogP contribution in [0, 0.1) is 5.92 Å². The Bertz CT molecular complexity index is 987. The zero-order valence-corrected chi connectivity index (χ0v) is 18.8. The fraction of sp³-hybridized carbons (Fsp3) is 0.286. The lowest BCUT2D eigenvalue weighted by Gasteiger charge is -2.17. The molecule has 164 valence electrons. The van der Waals surface area contributed by atoms with E-state index < -0.39 is 17.7 Å². The molecule has 31 heavy (non-hydrogen) atoms. The zero-order valence-electron chi connectivity index (χ0n) is 17.2. The summed E-state index contributed by atoms with van der Waals surface area (Å²) >= 11 is 3.38. The number of carbonyl (C=O) groups is 3. The van der Waals surface area contributed by atoms with E-state index in [4.69, 9.17) is 14.2 Å². The number of hydrazine groups is 1. The van der Waals surface area contributed by atoms with E-state index >= 15 is 0 Å². The number of amides is 3. The van der Waals surface area contributed by atoms with Crippen LogP contribution < -0.4 is 30.0 Å². The zero-order chi connectivity index (χ0) is 22.5. The van der Waals surface area contributed by atoms with Crippen LogP contribution in [0.25, 0.3) is 0 Å². The number of nitrogens with zero attached hydrogens (tertiary/aromatic N) is 1. The first-order chi connectivity index (χ1) is 14.9. The average Bonchev–Trinajstić information content (AvgIpc) is 3.17. The lowest BCUT2D eigenvalue weighted by Crippen LogP contribution is -2.45. The normalized spacial score (nSPS) is 15.4. The molecule has 3 rings (SSSR count). The van der Waals surface area contributed by atoms with Gasteiger partial charge in [-0.05, 0) is 30.3 Å². The Morgan fingerprint density at radius 3 is 2.29 bits per heavy atom. The third-order valence-corrected chi connectivity index (χ3v) is 5.34. The van der Waals surface area contributed by atoms with Crippen LogP contribution in [-0.2, 0) is 9.59 Å². The minimum atomic E-state index is -0.591. The molecule has 1 atom stereocenters. The van der Waals surface area contributed by atoms with Crippen molar-refractivity contribution < 1.29 is 28.6 Å². The van der Waals surface area contributed by atoms with E-state index in [0.29, 0.717) is 22.9 Å². The van der Waals surface area contributed by atoms with Gasteiger partial charge in [0, 0.05) is 28.7 Å². The molecule has 2 aromatic rings. The number of ether oxygens (including phenoxy) is 3. The van der Waals surface area contributed by atoms with E-state index in [-0.39, 0.29) is 24.4 Å². The van der Waals surface area contributed by atoms with Crippen LogP contribution in [0.15, 0.2) is 40.9 Å². The predicted molar refractivity (Wildman–Crippen MR) is 116 cm³/mol. The molecule has 1 heterocycles. The Morgan fingerprint density at radius 1 is 1.03 bits per heavy atom. The maximum Gasteiger partial charge on any atom is 0.269 e. The standard InChI is InChI=1S/C21H22BrN3O6/c1-29-16-7-12(8-17(30-2)19(16)31-3)20(27)23-24-21(28)13-9-18(26)25(11-13)15-6-4-5-14(22)10-15/h4-8,10,13H,9,11H2,1-3H3,(H,23,27)(H,24,28). The first kappa shape index (κ1) is 22.4. The number of hydrogen-bond donors (Lipinski definition) is 2. The van der Waals surface area contributed by atoms with E-state index in [1.165, 1.54) is 33.5 Å². The van der Waals surface area contributed by atoms with E-state index in [2.05, 4.69) is 26.8 Å². The molecule has 2 aromatic carbocycles. The van der Waals surface area contributed by atoms with Crippen molar-refractivity contribution in [1.82, 2.24) is 10.9 Å². The van der Waals surface area contributed by atoms with Crippen molar-refractivity contribution in [2.24, 2.45) is 5.92 Å². The van der Waals surface area contributed by atoms with Crippen LogP contribution in [0.5, 0.6) is 17.2 Å². The van der Waals surface area contributed by atoms with Gasteiger partial charge in [0.25, 0.3) is 5.91 Å². The number of nitrogens with one attached hydrogen (secondary N) is 2. The monoisotopic (exact) mass is 491 g/mol. The molecular formula is C21H22BrN3O6. The number of halogens is 1. The van der Waals surface area contributed by atoms with E-state index in [0.717, 1.165) is 4.47 Å². The molecule has 0 aromatic heterocycles. The van der Waals surface area contributed by atoms with Crippen LogP contribution in [0.3, 0.4) is 0 Å². The highest BCUT2D eigenvalue weighted by molar-refractivity contribution is 9.10. The fourth-order valence-corrected chi connectivity index (χ4v) is 3.67. The van der Waals surface area contributed by atoms with Gasteiger partial charge in [-0.2, -0.15) is 0 Å². The van der Waals surface area contributed by atoms with E-state index in [1.54, 1.807) is 11.0 Å². The lowest BCUT2D eigenvalue weighted by atomic mass is 10.1. The summed E-state index contributed by atoms with van der Waals surface area (Å²) < 4.78 is 16.5. The van der Waals surface area contributed by atoms with Crippen molar-refractivity contribution in [3.8, 4) is 17.2 Å². The first-order valence-electron chi connectivity index (χ1n) is 9.34. The molecule has 0 radical (unpaired) electrons. The molecule has 0 aliphatic carbocycles. The number of methoxy groups -OCH3 is 3. The van der Waals surface area contributed by atoms with E-state index in [1.807, 2.05) is 18.2 Å². The highest BCUT2D eigenvalue weighted by Crippen LogP contribution is 2.38. The van der Waals surface area contributed by atoms with Crippen LogP contribution >= 0.6 is 15.9 Å². The molecule has 9 nitrogen and oxygen atoms in total. The van der Waals surface area contributed by atoms with Gasteiger partial charge in [0.15, 0.2) is 11.5 Å². The number of carbonyl (C=O) groups excluding carboxylic acids is 3. The Hall–Kier alpha value is -3.27. The van der Waals surface area contributed by atoms with Gasteiger partial charge >= 0.3 is 0 Å². The van der Waals surface area contributed by atoms with Crippen molar-refractivity contribution in [3.63, 3.8) is 0 Å². The minimum Gasteiger partial charge on any atom is -0.493 e. The summed E-state index contributed by atoms with van der Waals surface area (Å²) in [6, 6.07) is 10.2. The van der Waals surface area contributed by atoms with Crippen LogP contribution in [0.2, 0.25) is 0 Å². The first-order valence-corrected chi connectivity index (χ1v) is 10.1. The van der Waals surface area contributed by atoms with Crippen LogP contribution in [-0.4, -0.2) is 45.6 Å². The summed E-state index contributed by atoms with van der Waals surface area (Å²) in [5, 5.41) is 0. The minimum absolute atomic E-state index is 0.0540. The van der Waals surface area contributed by atoms with Gasteiger partial charge in [-0.3, -0.25) is 25.2 Å². The average molecular weight is 492 g/mol. The van der Waals surface area contributed by atoms with Gasteiger partial charge in [-0.1, -0.05) is 22.0 Å². The number of rotatable bonds is 6. The molecule has 3 amide bonds. The molecule has 2 N–H and O–H groups in total. The summed E-state index contributed by atoms with van der Waals surface area (Å²) in [5.41, 5.74) is 5.66. The SMILES string of the molecule is COc1cc(C(=O)NNC(=O)C2CC(=O)N(c3cccc(Br)c3)C2)cc(OC)c1OC. The maximum atomic E-state index is 12.5. The molecule has 0 saturated carbocycles. The third-order valence-electron chi connectivity index (χ3n) is 4.84. The second-order valence-corrected chi connectivity index (χ2v) is 7.66. The second-order valence-electron chi connectivity index (χ2n) is 6.74. The van der Waals surface area contributed by atoms with Crippen LogP contribution in [0.4, 0.5) is 5.69 Å². The summed E-state index contributed by atoms with van der Waals surface area (Å²) in [4.78, 5) is 39.0. The quantitative estimate of drug-likeness (QED) is 0.600. The van der Waals surface area contributed by atoms with Crippen LogP contribution in [0.1, 0.15) is 16.8 Å². The Morgan fingerprint density at radius 2 is 1.71 bits per heavy atom. The van der Waals surface area contributed by atoms with Crippen molar-refractivity contribution in [2.45, 2.75) is 6.42 Å². The van der Waals surface area contributed by atoms with Gasteiger partial charge in [0.1, 0.15) is 0 Å². The Kier molecular flexibility index (Phi) is 7.01. The predicted octanol–water partition coefficient (Wildman–Crippen LogP) is 2.29. The number of benzene rings is 2. The van der Waals surface area contributed by atoms with Gasteiger partial charge in [-0.25, -0.2) is 0 Å². The maximum absolute atomic E-state index is 12.5. The van der Waals surface area contributed by atoms with Gasteiger partial charge in [0.05, 0.1) is 27.2 Å². The Balaban J connectivity index is 1.64. The summed E-state index contributed by atoms with van der Waals surface area (Å²) in [5.74, 6) is -0.801. The highest BCUT2D eigenvalue weighted by Gasteiger charge is 2.35. The highest BCUT2D eigenvalue weighted by atomic mass is 79.9. The fourth-order valence-electron chi connectivity index (χ4n) is 3.28. The molecule has 1 unspecified atom stereocenters. The van der Waals surface area contributed by atoms with Crippen molar-refractivity contribution in [1.29, 1.82) is 0 Å². The molecule has 1 aliphatic heterocycles. The molecule has 1 saturated heterocycles. The molecule has 1 aliphatic rings. The third kappa shape index (κ3) is 4.91. The Labute approximate surface area is 187 Å². The summed E-state index contributed by atoms with van der Waals surface area (Å²) in [7, 11) is 4.34. The topological polar surface area (TPSA) is 106 Å². The summed E-state index contributed by atoms with van der Waals surface area (Å²) in [6.45, 7) is 0.223. The van der Waals surface area contributed by atoms with Crippen molar-refractivity contribution in [2.75, 3.05) is 32.8 Å². The van der Waals surface area contributed by atoms with Gasteiger partial charge < -0.3 is 19.1 Å². The van der Waals surface area contributed by atoms with Gasteiger partial charge in [0.2, 0.25) is 17.6 Å². The van der Waals surface area contributed by atoms with Crippen molar-refractivity contribution in [3.05, 3.63) is 46.4 Å². The van der Waals surface area contributed by atoms with Crippen molar-refractivity contribution >= 4 is 39.3 Å². The molecule has 0 bridgehead atoms. The molecule has 10 heteroatoms. The molecule has 0 spiro atoms. The lowest BCUT2D eigenvalue weighted by molar-refractivity contribution is -0.126. The molecule has 1 fully saturated rings. The summed E-state index contributed by atoms with van der Waals surface area (Å²) in [6.07, 6.45) is 0.0540. The number of anilines is 1. The largest absolute Gasteiger partial charge is 0.493 e. The van der Waals surface area contributed by atoms with E-state index in [9.17, 15) is 14.4 Å². The number of hydrogen-bond acceptors (Lipinski definition) is 6. The van der Waals surface area contributed by atoms with Gasteiger partial charge in [-0.15, -0.1) is 0 Å². The molecular weight excluding hydrogens is 470 g/mol. The second kappa shape index (κ2) is 9.69. The smallest absolute Gasteiger partial charge is 0.269 e.